The number of benzene rings is 2. The maximum Gasteiger partial charge on any atom is 0.262 e. The molecule has 118 valence electrons. The molecule has 0 atom stereocenters. The molecule has 0 aliphatic heterocycles. The number of rotatable bonds is 4. The van der Waals surface area contributed by atoms with Crippen molar-refractivity contribution in [3.63, 3.8) is 0 Å². The first-order valence-electron chi connectivity index (χ1n) is 6.13. The van der Waals surface area contributed by atoms with E-state index in [9.17, 15) is 22.0 Å². The summed E-state index contributed by atoms with van der Waals surface area (Å²) in [5.74, 6) is -1.11. The summed E-state index contributed by atoms with van der Waals surface area (Å²) in [4.78, 5) is 10.7. The van der Waals surface area contributed by atoms with E-state index >= 15 is 0 Å². The summed E-state index contributed by atoms with van der Waals surface area (Å²) in [5, 5.41) is 0. The van der Waals surface area contributed by atoms with Gasteiger partial charge in [0.1, 0.15) is 5.69 Å². The first-order chi connectivity index (χ1) is 10.7. The zero-order valence-electron chi connectivity index (χ0n) is 11.5. The van der Waals surface area contributed by atoms with E-state index in [2.05, 4.69) is 0 Å². The Kier molecular flexibility index (Phi) is 4.33. The molecular formula is C15H10F2N2O3S. The second-order valence-electron chi connectivity index (χ2n) is 4.46. The van der Waals surface area contributed by atoms with Gasteiger partial charge in [-0.2, -0.15) is 0 Å². The van der Waals surface area contributed by atoms with E-state index in [1.54, 1.807) is 4.72 Å². The van der Waals surface area contributed by atoms with Crippen LogP contribution in [-0.4, -0.2) is 14.3 Å². The summed E-state index contributed by atoms with van der Waals surface area (Å²) in [7, 11) is -4.32. The average Bonchev–Trinajstić information content (AvgIpc) is 2.50. The molecule has 0 saturated carbocycles. The van der Waals surface area contributed by atoms with E-state index in [1.165, 1.54) is 12.1 Å². The number of amides is 1. The van der Waals surface area contributed by atoms with Crippen molar-refractivity contribution in [1.29, 1.82) is 0 Å². The van der Waals surface area contributed by atoms with Gasteiger partial charge in [-0.3, -0.25) is 9.52 Å². The van der Waals surface area contributed by atoms with Crippen LogP contribution in [-0.2, 0) is 10.0 Å². The Morgan fingerprint density at radius 3 is 2.30 bits per heavy atom. The molecule has 0 radical (unpaired) electrons. The highest BCUT2D eigenvalue weighted by Gasteiger charge is 2.20. The number of nitrogens with one attached hydrogen (secondary N) is 1. The number of carbonyl (C=O) groups excluding carboxylic acids is 1. The van der Waals surface area contributed by atoms with Crippen molar-refractivity contribution in [1.82, 2.24) is 0 Å². The van der Waals surface area contributed by atoms with Gasteiger partial charge >= 0.3 is 0 Å². The first kappa shape index (κ1) is 16.5. The van der Waals surface area contributed by atoms with Gasteiger partial charge in [0.25, 0.3) is 10.0 Å². The highest BCUT2D eigenvalue weighted by molar-refractivity contribution is 7.92. The normalized spacial score (nSPS) is 10.8. The maximum absolute atomic E-state index is 13.8. The molecule has 0 heterocycles. The first-order valence-corrected chi connectivity index (χ1v) is 7.61. The average molecular weight is 336 g/mol. The molecular weight excluding hydrogens is 326 g/mol. The van der Waals surface area contributed by atoms with Crippen LogP contribution < -0.4 is 10.5 Å². The Balaban J connectivity index is 2.46. The summed E-state index contributed by atoms with van der Waals surface area (Å²) in [6.45, 7) is 0. The minimum absolute atomic E-state index is 0.0588. The predicted molar refractivity (Wildman–Crippen MR) is 80.1 cm³/mol. The molecule has 2 aromatic rings. The van der Waals surface area contributed by atoms with E-state index in [0.29, 0.717) is 0 Å². The molecule has 0 spiro atoms. The molecule has 8 heteroatoms. The number of carbonyl (C=O) groups is 1. The van der Waals surface area contributed by atoms with Crippen LogP contribution in [0, 0.1) is 24.0 Å². The minimum Gasteiger partial charge on any atom is -0.366 e. The van der Waals surface area contributed by atoms with Gasteiger partial charge in [-0.1, -0.05) is 12.0 Å². The number of nitrogens with two attached hydrogens (primary N) is 1. The third kappa shape index (κ3) is 3.46. The molecule has 3 N–H and O–H groups in total. The number of hydrogen-bond acceptors (Lipinski definition) is 3. The van der Waals surface area contributed by atoms with Crippen LogP contribution in [0.3, 0.4) is 0 Å². The standard InChI is InChI=1S/C15H10F2N2O3S/c1-2-9-6-12(16)14(13(17)7-9)19-23(21,22)11-5-3-4-10(8-11)15(18)20/h1,3-8,19H,(H2,18,20). The molecule has 0 aliphatic rings. The molecule has 23 heavy (non-hydrogen) atoms. The van der Waals surface area contributed by atoms with Crippen LogP contribution in [0.2, 0.25) is 0 Å². The highest BCUT2D eigenvalue weighted by Crippen LogP contribution is 2.24. The number of sulfonamides is 1. The maximum atomic E-state index is 13.8. The number of halogens is 2. The third-order valence-corrected chi connectivity index (χ3v) is 4.22. The Bertz CT molecular complexity index is 911. The Morgan fingerprint density at radius 1 is 1.17 bits per heavy atom. The van der Waals surface area contributed by atoms with Gasteiger partial charge in [-0.25, -0.2) is 17.2 Å². The number of terminal acetylenes is 1. The van der Waals surface area contributed by atoms with Crippen LogP contribution in [0.4, 0.5) is 14.5 Å². The van der Waals surface area contributed by atoms with Crippen molar-refractivity contribution >= 4 is 21.6 Å². The second kappa shape index (κ2) is 6.06. The van der Waals surface area contributed by atoms with Gasteiger partial charge in [0.05, 0.1) is 4.90 Å². The summed E-state index contributed by atoms with van der Waals surface area (Å²) < 4.78 is 53.8. The van der Waals surface area contributed by atoms with Crippen LogP contribution >= 0.6 is 0 Å². The summed E-state index contributed by atoms with van der Waals surface area (Å²) >= 11 is 0. The van der Waals surface area contributed by atoms with Gasteiger partial charge in [0, 0.05) is 11.1 Å². The lowest BCUT2D eigenvalue weighted by Gasteiger charge is -2.11. The van der Waals surface area contributed by atoms with Gasteiger partial charge in [-0.05, 0) is 30.3 Å². The van der Waals surface area contributed by atoms with Crippen molar-refractivity contribution in [3.05, 3.63) is 59.2 Å². The Labute approximate surface area is 131 Å². The quantitative estimate of drug-likeness (QED) is 0.835. The lowest BCUT2D eigenvalue weighted by atomic mass is 10.2. The lowest BCUT2D eigenvalue weighted by molar-refractivity contribution is 0.1000. The minimum atomic E-state index is -4.32. The van der Waals surface area contributed by atoms with Gasteiger partial charge in [0.15, 0.2) is 11.6 Å². The topological polar surface area (TPSA) is 89.3 Å². The van der Waals surface area contributed by atoms with Crippen LogP contribution in [0.5, 0.6) is 0 Å². The van der Waals surface area contributed by atoms with Crippen molar-refractivity contribution < 1.29 is 22.0 Å². The van der Waals surface area contributed by atoms with E-state index in [0.717, 1.165) is 24.3 Å². The molecule has 2 aromatic carbocycles. The van der Waals surface area contributed by atoms with Crippen LogP contribution in [0.25, 0.3) is 0 Å². The smallest absolute Gasteiger partial charge is 0.262 e. The molecule has 0 aliphatic carbocycles. The monoisotopic (exact) mass is 336 g/mol. The highest BCUT2D eigenvalue weighted by atomic mass is 32.2. The molecule has 5 nitrogen and oxygen atoms in total. The van der Waals surface area contributed by atoms with E-state index in [4.69, 9.17) is 12.2 Å². The zero-order chi connectivity index (χ0) is 17.2. The molecule has 0 unspecified atom stereocenters. The molecule has 0 saturated heterocycles. The largest absolute Gasteiger partial charge is 0.366 e. The third-order valence-electron chi connectivity index (χ3n) is 2.87. The van der Waals surface area contributed by atoms with E-state index in [1.807, 2.05) is 5.92 Å². The zero-order valence-corrected chi connectivity index (χ0v) is 12.3. The van der Waals surface area contributed by atoms with Gasteiger partial charge in [0.2, 0.25) is 5.91 Å². The molecule has 2 rings (SSSR count). The SMILES string of the molecule is C#Cc1cc(F)c(NS(=O)(=O)c2cccc(C(N)=O)c2)c(F)c1. The molecule has 0 fully saturated rings. The predicted octanol–water partition coefficient (Wildman–Crippen LogP) is 1.85. The van der Waals surface area contributed by atoms with Crippen LogP contribution in [0.15, 0.2) is 41.3 Å². The van der Waals surface area contributed by atoms with Crippen molar-refractivity contribution in [2.45, 2.75) is 4.90 Å². The summed E-state index contributed by atoms with van der Waals surface area (Å²) in [5.41, 5.74) is 4.07. The summed E-state index contributed by atoms with van der Waals surface area (Å²) in [6.07, 6.45) is 5.04. The fourth-order valence-electron chi connectivity index (χ4n) is 1.76. The fourth-order valence-corrected chi connectivity index (χ4v) is 2.89. The Morgan fingerprint density at radius 2 is 1.78 bits per heavy atom. The number of anilines is 1. The van der Waals surface area contributed by atoms with Crippen LogP contribution in [0.1, 0.15) is 15.9 Å². The van der Waals surface area contributed by atoms with Crippen molar-refractivity contribution in [2.24, 2.45) is 5.73 Å². The molecule has 1 amide bonds. The van der Waals surface area contributed by atoms with E-state index < -0.39 is 33.3 Å². The summed E-state index contributed by atoms with van der Waals surface area (Å²) in [6, 6.07) is 6.38. The number of hydrogen-bond donors (Lipinski definition) is 2. The second-order valence-corrected chi connectivity index (χ2v) is 6.14. The molecule has 0 aromatic heterocycles. The lowest BCUT2D eigenvalue weighted by Crippen LogP contribution is -2.17. The fraction of sp³-hybridized carbons (Fsp3) is 0. The number of primary amides is 1. The van der Waals surface area contributed by atoms with E-state index in [-0.39, 0.29) is 16.0 Å². The van der Waals surface area contributed by atoms with Gasteiger partial charge in [-0.15, -0.1) is 6.42 Å². The molecule has 0 bridgehead atoms. The van der Waals surface area contributed by atoms with Crippen molar-refractivity contribution in [3.8, 4) is 12.3 Å². The van der Waals surface area contributed by atoms with Crippen molar-refractivity contribution in [2.75, 3.05) is 4.72 Å². The van der Waals surface area contributed by atoms with Gasteiger partial charge < -0.3 is 5.73 Å². The Hall–Kier alpha value is -2.92.